The number of nitrogens with zero attached hydrogens (tertiary/aromatic N) is 1. The topological polar surface area (TPSA) is 79.3 Å². The van der Waals surface area contributed by atoms with Gasteiger partial charge >= 0.3 is 5.97 Å². The maximum absolute atomic E-state index is 11.7. The van der Waals surface area contributed by atoms with E-state index in [-0.39, 0.29) is 17.5 Å². The van der Waals surface area contributed by atoms with E-state index < -0.39 is 5.97 Å². The van der Waals surface area contributed by atoms with Crippen LogP contribution in [0.25, 0.3) is 0 Å². The predicted octanol–water partition coefficient (Wildman–Crippen LogP) is 1.50. The van der Waals surface area contributed by atoms with Gasteiger partial charge in [-0.2, -0.15) is 0 Å². The van der Waals surface area contributed by atoms with Gasteiger partial charge in [0.25, 0.3) is 0 Å². The summed E-state index contributed by atoms with van der Waals surface area (Å²) in [5.41, 5.74) is 0.0366. The minimum absolute atomic E-state index is 0.0274. The SMILES string of the molecule is CC(C(=O)NCc1nc(C(=O)O)cs1)C1CC1. The standard InChI is InChI=1S/C11H14N2O3S/c1-6(7-2-3-7)10(14)12-4-9-13-8(5-17-9)11(15)16/h5-7H,2-4H2,1H3,(H,12,14)(H,15,16). The first-order chi connectivity index (χ1) is 8.08. The zero-order valence-electron chi connectivity index (χ0n) is 9.47. The van der Waals surface area contributed by atoms with Crippen molar-refractivity contribution in [3.8, 4) is 0 Å². The highest BCUT2D eigenvalue weighted by Gasteiger charge is 2.32. The van der Waals surface area contributed by atoms with Gasteiger partial charge in [0.1, 0.15) is 5.01 Å². The fourth-order valence-electron chi connectivity index (χ4n) is 1.62. The fraction of sp³-hybridized carbons (Fsp3) is 0.545. The molecule has 1 aromatic rings. The van der Waals surface area contributed by atoms with E-state index in [9.17, 15) is 9.59 Å². The fourth-order valence-corrected chi connectivity index (χ4v) is 2.33. The summed E-state index contributed by atoms with van der Waals surface area (Å²) in [7, 11) is 0. The molecule has 5 nitrogen and oxygen atoms in total. The van der Waals surface area contributed by atoms with Crippen LogP contribution < -0.4 is 5.32 Å². The highest BCUT2D eigenvalue weighted by Crippen LogP contribution is 2.36. The summed E-state index contributed by atoms with van der Waals surface area (Å²) in [6.45, 7) is 2.24. The normalized spacial score (nSPS) is 16.5. The Hall–Kier alpha value is -1.43. The first-order valence-electron chi connectivity index (χ1n) is 5.53. The van der Waals surface area contributed by atoms with Crippen LogP contribution >= 0.6 is 11.3 Å². The van der Waals surface area contributed by atoms with Gasteiger partial charge in [-0.25, -0.2) is 9.78 Å². The second kappa shape index (κ2) is 4.83. The predicted molar refractivity (Wildman–Crippen MR) is 62.8 cm³/mol. The van der Waals surface area contributed by atoms with Crippen LogP contribution in [0.3, 0.4) is 0 Å². The quantitative estimate of drug-likeness (QED) is 0.834. The average molecular weight is 254 g/mol. The molecule has 1 aliphatic rings. The molecule has 0 aliphatic heterocycles. The zero-order chi connectivity index (χ0) is 12.4. The number of aromatic carboxylic acids is 1. The number of carboxylic acids is 1. The first kappa shape index (κ1) is 12.0. The highest BCUT2D eigenvalue weighted by atomic mass is 32.1. The maximum atomic E-state index is 11.7. The van der Waals surface area contributed by atoms with E-state index in [0.717, 1.165) is 12.8 Å². The van der Waals surface area contributed by atoms with E-state index in [1.807, 2.05) is 6.92 Å². The van der Waals surface area contributed by atoms with Crippen molar-refractivity contribution >= 4 is 23.2 Å². The summed E-state index contributed by atoms with van der Waals surface area (Å²) in [4.78, 5) is 26.2. The van der Waals surface area contributed by atoms with Gasteiger partial charge in [0.05, 0.1) is 6.54 Å². The number of aromatic nitrogens is 1. The van der Waals surface area contributed by atoms with Crippen molar-refractivity contribution in [2.75, 3.05) is 0 Å². The number of thiazole rings is 1. The van der Waals surface area contributed by atoms with E-state index in [0.29, 0.717) is 17.5 Å². The van der Waals surface area contributed by atoms with Crippen molar-refractivity contribution in [3.63, 3.8) is 0 Å². The third kappa shape index (κ3) is 3.03. The molecule has 2 N–H and O–H groups in total. The minimum Gasteiger partial charge on any atom is -0.476 e. The van der Waals surface area contributed by atoms with Crippen molar-refractivity contribution in [2.24, 2.45) is 11.8 Å². The van der Waals surface area contributed by atoms with Gasteiger partial charge in [-0.05, 0) is 18.8 Å². The van der Waals surface area contributed by atoms with Gasteiger partial charge in [0, 0.05) is 11.3 Å². The lowest BCUT2D eigenvalue weighted by atomic mass is 10.1. The largest absolute Gasteiger partial charge is 0.476 e. The summed E-state index contributed by atoms with van der Waals surface area (Å²) < 4.78 is 0. The van der Waals surface area contributed by atoms with Gasteiger partial charge in [0.2, 0.25) is 5.91 Å². The molecule has 0 bridgehead atoms. The summed E-state index contributed by atoms with van der Waals surface area (Å²) in [6, 6.07) is 0. The van der Waals surface area contributed by atoms with E-state index in [1.165, 1.54) is 16.7 Å². The van der Waals surface area contributed by atoms with E-state index in [1.54, 1.807) is 0 Å². The molecule has 2 rings (SSSR count). The third-order valence-corrected chi connectivity index (χ3v) is 3.78. The Kier molecular flexibility index (Phi) is 3.42. The Morgan fingerprint density at radius 2 is 2.35 bits per heavy atom. The first-order valence-corrected chi connectivity index (χ1v) is 6.41. The van der Waals surface area contributed by atoms with Crippen LogP contribution in [0.15, 0.2) is 5.38 Å². The smallest absolute Gasteiger partial charge is 0.355 e. The lowest BCUT2D eigenvalue weighted by Crippen LogP contribution is -2.29. The summed E-state index contributed by atoms with van der Waals surface area (Å²) in [5, 5.41) is 13.6. The molecule has 0 spiro atoms. The Balaban J connectivity index is 1.84. The van der Waals surface area contributed by atoms with Gasteiger partial charge in [-0.15, -0.1) is 11.3 Å². The van der Waals surface area contributed by atoms with E-state index in [2.05, 4.69) is 10.3 Å². The number of carbonyl (C=O) groups is 2. The molecular formula is C11H14N2O3S. The van der Waals surface area contributed by atoms with Gasteiger partial charge in [-0.3, -0.25) is 4.79 Å². The molecule has 1 aromatic heterocycles. The number of carboxylic acid groups (broad SMARTS) is 1. The van der Waals surface area contributed by atoms with Gasteiger partial charge in [-0.1, -0.05) is 6.92 Å². The molecule has 17 heavy (non-hydrogen) atoms. The molecule has 1 aliphatic carbocycles. The zero-order valence-corrected chi connectivity index (χ0v) is 10.3. The Morgan fingerprint density at radius 1 is 1.65 bits per heavy atom. The number of nitrogens with one attached hydrogen (secondary N) is 1. The summed E-state index contributed by atoms with van der Waals surface area (Å²) in [6.07, 6.45) is 2.27. The Morgan fingerprint density at radius 3 is 2.88 bits per heavy atom. The molecule has 1 saturated carbocycles. The highest BCUT2D eigenvalue weighted by molar-refractivity contribution is 7.09. The van der Waals surface area contributed by atoms with Crippen LogP contribution in [0.2, 0.25) is 0 Å². The number of amides is 1. The molecule has 1 amide bonds. The lowest BCUT2D eigenvalue weighted by Gasteiger charge is -2.09. The monoisotopic (exact) mass is 254 g/mol. The molecule has 0 aromatic carbocycles. The second-order valence-corrected chi connectivity index (χ2v) is 5.22. The average Bonchev–Trinajstić information content (AvgIpc) is 3.03. The molecular weight excluding hydrogens is 240 g/mol. The maximum Gasteiger partial charge on any atom is 0.355 e. The van der Waals surface area contributed by atoms with Gasteiger partial charge < -0.3 is 10.4 Å². The van der Waals surface area contributed by atoms with Crippen LogP contribution in [0.4, 0.5) is 0 Å². The number of hydrogen-bond acceptors (Lipinski definition) is 4. The molecule has 1 unspecified atom stereocenters. The Bertz CT molecular complexity index is 440. The summed E-state index contributed by atoms with van der Waals surface area (Å²) in [5.74, 6) is -0.431. The van der Waals surface area contributed by atoms with E-state index >= 15 is 0 Å². The van der Waals surface area contributed by atoms with Crippen molar-refractivity contribution in [3.05, 3.63) is 16.1 Å². The van der Waals surface area contributed by atoms with E-state index in [4.69, 9.17) is 5.11 Å². The van der Waals surface area contributed by atoms with Crippen LogP contribution in [0.5, 0.6) is 0 Å². The number of hydrogen-bond donors (Lipinski definition) is 2. The van der Waals surface area contributed by atoms with Crippen molar-refractivity contribution < 1.29 is 14.7 Å². The molecule has 1 fully saturated rings. The van der Waals surface area contributed by atoms with Crippen molar-refractivity contribution in [1.29, 1.82) is 0 Å². The Labute approximate surface area is 103 Å². The second-order valence-electron chi connectivity index (χ2n) is 4.28. The molecule has 0 saturated heterocycles. The summed E-state index contributed by atoms with van der Waals surface area (Å²) >= 11 is 1.25. The van der Waals surface area contributed by atoms with Crippen LogP contribution in [0, 0.1) is 11.8 Å². The van der Waals surface area contributed by atoms with Crippen molar-refractivity contribution in [1.82, 2.24) is 10.3 Å². The third-order valence-electron chi connectivity index (χ3n) is 2.93. The molecule has 1 heterocycles. The molecule has 6 heteroatoms. The van der Waals surface area contributed by atoms with Gasteiger partial charge in [0.15, 0.2) is 5.69 Å². The molecule has 0 radical (unpaired) electrons. The van der Waals surface area contributed by atoms with Crippen LogP contribution in [-0.4, -0.2) is 22.0 Å². The minimum atomic E-state index is -1.04. The van der Waals surface area contributed by atoms with Crippen molar-refractivity contribution in [2.45, 2.75) is 26.3 Å². The molecule has 92 valence electrons. The van der Waals surface area contributed by atoms with Crippen LogP contribution in [-0.2, 0) is 11.3 Å². The molecule has 1 atom stereocenters. The lowest BCUT2D eigenvalue weighted by molar-refractivity contribution is -0.125. The number of rotatable bonds is 5. The van der Waals surface area contributed by atoms with Crippen LogP contribution in [0.1, 0.15) is 35.3 Å². The number of carbonyl (C=O) groups excluding carboxylic acids is 1.